The van der Waals surface area contributed by atoms with Crippen molar-refractivity contribution in [1.29, 1.82) is 0 Å². The smallest absolute Gasteiger partial charge is 0.271 e. The minimum Gasteiger partial charge on any atom is -0.382 e. The highest BCUT2D eigenvalue weighted by Crippen LogP contribution is 2.16. The number of nitrogens with one attached hydrogen (secondary N) is 1. The van der Waals surface area contributed by atoms with Crippen LogP contribution in [0.5, 0.6) is 0 Å². The molecule has 0 spiro atoms. The molecule has 0 saturated heterocycles. The number of nitrogen functional groups attached to an aromatic ring is 1. The molecule has 1 atom stereocenters. The van der Waals surface area contributed by atoms with Gasteiger partial charge in [0.2, 0.25) is 5.91 Å². The molecule has 9 nitrogen and oxygen atoms in total. The average Bonchev–Trinajstić information content (AvgIpc) is 3.04. The van der Waals surface area contributed by atoms with Gasteiger partial charge in [0.25, 0.3) is 5.91 Å². The van der Waals surface area contributed by atoms with Gasteiger partial charge in [-0.25, -0.2) is 0 Å². The predicted molar refractivity (Wildman–Crippen MR) is 76.4 cm³/mol. The van der Waals surface area contributed by atoms with Gasteiger partial charge in [0.1, 0.15) is 11.9 Å². The standard InChI is InChI=1S/C12H17N7O2/c1-3-18-6-8(10(17-18)11(14)20)15-12(21)7(2)19-5-4-9(13)16-19/h4-7H,3H2,1-2H3,(H2,13,16)(H2,14,20)(H,15,21). The molecule has 0 aliphatic rings. The first-order valence-electron chi connectivity index (χ1n) is 6.41. The van der Waals surface area contributed by atoms with Gasteiger partial charge in [0.05, 0.1) is 5.69 Å². The quantitative estimate of drug-likeness (QED) is 0.711. The third kappa shape index (κ3) is 3.02. The van der Waals surface area contributed by atoms with Crippen LogP contribution in [0.1, 0.15) is 30.4 Å². The summed E-state index contributed by atoms with van der Waals surface area (Å²) in [6.07, 6.45) is 3.16. The van der Waals surface area contributed by atoms with Crippen LogP contribution in [-0.4, -0.2) is 31.4 Å². The molecule has 1 unspecified atom stereocenters. The van der Waals surface area contributed by atoms with Crippen molar-refractivity contribution < 1.29 is 9.59 Å². The van der Waals surface area contributed by atoms with E-state index >= 15 is 0 Å². The van der Waals surface area contributed by atoms with Crippen molar-refractivity contribution in [3.8, 4) is 0 Å². The van der Waals surface area contributed by atoms with E-state index in [2.05, 4.69) is 15.5 Å². The Morgan fingerprint density at radius 2 is 2.14 bits per heavy atom. The molecule has 0 aliphatic carbocycles. The van der Waals surface area contributed by atoms with Crippen molar-refractivity contribution in [2.45, 2.75) is 26.4 Å². The van der Waals surface area contributed by atoms with Crippen LogP contribution < -0.4 is 16.8 Å². The maximum absolute atomic E-state index is 12.2. The van der Waals surface area contributed by atoms with Crippen LogP contribution in [0.2, 0.25) is 0 Å². The summed E-state index contributed by atoms with van der Waals surface area (Å²) in [6.45, 7) is 4.08. The van der Waals surface area contributed by atoms with Gasteiger partial charge in [0, 0.05) is 18.9 Å². The zero-order valence-electron chi connectivity index (χ0n) is 11.8. The number of aromatic nitrogens is 4. The van der Waals surface area contributed by atoms with Crippen LogP contribution in [0.4, 0.5) is 11.5 Å². The summed E-state index contributed by atoms with van der Waals surface area (Å²) >= 11 is 0. The second kappa shape index (κ2) is 5.65. The molecule has 2 aromatic rings. The molecule has 5 N–H and O–H groups in total. The molecular weight excluding hydrogens is 274 g/mol. The Morgan fingerprint density at radius 3 is 2.67 bits per heavy atom. The van der Waals surface area contributed by atoms with Gasteiger partial charge < -0.3 is 16.8 Å². The SMILES string of the molecule is CCn1cc(NC(=O)C(C)n2ccc(N)n2)c(C(N)=O)n1. The molecule has 112 valence electrons. The zero-order valence-corrected chi connectivity index (χ0v) is 11.8. The summed E-state index contributed by atoms with van der Waals surface area (Å²) in [7, 11) is 0. The molecule has 2 aromatic heterocycles. The fraction of sp³-hybridized carbons (Fsp3) is 0.333. The van der Waals surface area contributed by atoms with E-state index in [1.807, 2.05) is 6.92 Å². The number of aryl methyl sites for hydroxylation is 1. The first kappa shape index (κ1) is 14.6. The predicted octanol–water partition coefficient (Wildman–Crippen LogP) is -0.0197. The third-order valence-electron chi connectivity index (χ3n) is 2.98. The van der Waals surface area contributed by atoms with Gasteiger partial charge in [-0.3, -0.25) is 19.0 Å². The van der Waals surface area contributed by atoms with Gasteiger partial charge in [0.15, 0.2) is 5.69 Å². The topological polar surface area (TPSA) is 134 Å². The minimum atomic E-state index is -0.700. The van der Waals surface area contributed by atoms with Gasteiger partial charge in [-0.2, -0.15) is 10.2 Å². The number of carbonyl (C=O) groups is 2. The zero-order chi connectivity index (χ0) is 15.6. The first-order chi connectivity index (χ1) is 9.92. The monoisotopic (exact) mass is 291 g/mol. The largest absolute Gasteiger partial charge is 0.382 e. The summed E-state index contributed by atoms with van der Waals surface area (Å²) in [6, 6.07) is 1.00. The highest BCUT2D eigenvalue weighted by molar-refractivity contribution is 6.02. The van der Waals surface area contributed by atoms with E-state index in [1.54, 1.807) is 25.4 Å². The summed E-state index contributed by atoms with van der Waals surface area (Å²) < 4.78 is 2.95. The molecule has 0 saturated carbocycles. The molecule has 2 rings (SSSR count). The van der Waals surface area contributed by atoms with E-state index in [4.69, 9.17) is 11.5 Å². The lowest BCUT2D eigenvalue weighted by molar-refractivity contribution is -0.119. The van der Waals surface area contributed by atoms with Gasteiger partial charge in [-0.15, -0.1) is 0 Å². The van der Waals surface area contributed by atoms with Crippen molar-refractivity contribution >= 4 is 23.3 Å². The summed E-state index contributed by atoms with van der Waals surface area (Å²) in [4.78, 5) is 23.5. The number of nitrogens with zero attached hydrogens (tertiary/aromatic N) is 4. The lowest BCUT2D eigenvalue weighted by Crippen LogP contribution is -2.25. The van der Waals surface area contributed by atoms with E-state index < -0.39 is 11.9 Å². The summed E-state index contributed by atoms with van der Waals surface area (Å²) in [5, 5.41) is 10.6. The highest BCUT2D eigenvalue weighted by atomic mass is 16.2. The Kier molecular flexibility index (Phi) is 3.92. The Labute approximate surface area is 120 Å². The second-order valence-electron chi connectivity index (χ2n) is 4.50. The number of rotatable bonds is 5. The Morgan fingerprint density at radius 1 is 1.43 bits per heavy atom. The van der Waals surface area contributed by atoms with Crippen LogP contribution >= 0.6 is 0 Å². The van der Waals surface area contributed by atoms with E-state index in [9.17, 15) is 9.59 Å². The van der Waals surface area contributed by atoms with Crippen LogP contribution in [0, 0.1) is 0 Å². The van der Waals surface area contributed by atoms with Crippen LogP contribution in [0.15, 0.2) is 18.5 Å². The molecule has 0 aromatic carbocycles. The van der Waals surface area contributed by atoms with Crippen molar-refractivity contribution in [1.82, 2.24) is 19.6 Å². The van der Waals surface area contributed by atoms with Crippen LogP contribution in [0.25, 0.3) is 0 Å². The van der Waals surface area contributed by atoms with E-state index in [0.717, 1.165) is 0 Å². The molecule has 21 heavy (non-hydrogen) atoms. The average molecular weight is 291 g/mol. The molecule has 0 radical (unpaired) electrons. The molecule has 9 heteroatoms. The lowest BCUT2D eigenvalue weighted by atomic mass is 10.3. The van der Waals surface area contributed by atoms with Crippen LogP contribution in [0.3, 0.4) is 0 Å². The summed E-state index contributed by atoms with van der Waals surface area (Å²) in [5.74, 6) is -0.726. The number of carbonyl (C=O) groups excluding carboxylic acids is 2. The first-order valence-corrected chi connectivity index (χ1v) is 6.41. The number of hydrogen-bond acceptors (Lipinski definition) is 5. The maximum atomic E-state index is 12.2. The molecule has 2 heterocycles. The second-order valence-corrected chi connectivity index (χ2v) is 4.50. The number of hydrogen-bond donors (Lipinski definition) is 3. The van der Waals surface area contributed by atoms with E-state index in [-0.39, 0.29) is 17.3 Å². The third-order valence-corrected chi connectivity index (χ3v) is 2.98. The fourth-order valence-electron chi connectivity index (χ4n) is 1.78. The minimum absolute atomic E-state index is 0.0254. The number of amides is 2. The number of nitrogens with two attached hydrogens (primary N) is 2. The van der Waals surface area contributed by atoms with Crippen molar-refractivity contribution in [2.24, 2.45) is 5.73 Å². The van der Waals surface area contributed by atoms with Crippen molar-refractivity contribution in [2.75, 3.05) is 11.1 Å². The maximum Gasteiger partial charge on any atom is 0.271 e. The van der Waals surface area contributed by atoms with Crippen molar-refractivity contribution in [3.63, 3.8) is 0 Å². The van der Waals surface area contributed by atoms with Gasteiger partial charge in [-0.05, 0) is 19.9 Å². The Hall–Kier alpha value is -2.84. The normalized spacial score (nSPS) is 12.1. The molecule has 0 aliphatic heterocycles. The highest BCUT2D eigenvalue weighted by Gasteiger charge is 2.20. The molecule has 0 fully saturated rings. The number of primary amides is 1. The van der Waals surface area contributed by atoms with Crippen molar-refractivity contribution in [3.05, 3.63) is 24.2 Å². The van der Waals surface area contributed by atoms with Crippen LogP contribution in [-0.2, 0) is 11.3 Å². The Balaban J connectivity index is 2.19. The summed E-state index contributed by atoms with van der Waals surface area (Å²) in [5.41, 5.74) is 11.1. The molecule has 2 amide bonds. The molecule has 0 bridgehead atoms. The van der Waals surface area contributed by atoms with Gasteiger partial charge in [-0.1, -0.05) is 0 Å². The van der Waals surface area contributed by atoms with Gasteiger partial charge >= 0.3 is 0 Å². The van der Waals surface area contributed by atoms with E-state index in [1.165, 1.54) is 9.36 Å². The lowest BCUT2D eigenvalue weighted by Gasteiger charge is -2.11. The fourth-order valence-corrected chi connectivity index (χ4v) is 1.78. The van der Waals surface area contributed by atoms with E-state index in [0.29, 0.717) is 12.4 Å². The molecular formula is C12H17N7O2. The number of anilines is 2. The Bertz CT molecular complexity index is 673.